The molecule has 1 aliphatic rings. The molecule has 0 aliphatic carbocycles. The molecule has 45 heavy (non-hydrogen) atoms. The molecule has 0 atom stereocenters. The summed E-state index contributed by atoms with van der Waals surface area (Å²) in [6, 6.07) is 43.2. The van der Waals surface area contributed by atoms with Gasteiger partial charge in [0.1, 0.15) is 11.2 Å². The Morgan fingerprint density at radius 1 is 0.556 bits per heavy atom. The van der Waals surface area contributed by atoms with E-state index in [9.17, 15) is 0 Å². The van der Waals surface area contributed by atoms with E-state index in [2.05, 4.69) is 154 Å². The molecule has 1 aliphatic heterocycles. The Bertz CT molecular complexity index is 2380. The highest BCUT2D eigenvalue weighted by atomic mass is 16.7. The normalized spacial score (nSPS) is 16.1. The van der Waals surface area contributed by atoms with Crippen LogP contribution in [0.15, 0.2) is 126 Å². The van der Waals surface area contributed by atoms with Crippen molar-refractivity contribution in [3.05, 3.63) is 121 Å². The van der Waals surface area contributed by atoms with Crippen LogP contribution in [0.5, 0.6) is 0 Å². The van der Waals surface area contributed by atoms with Gasteiger partial charge in [0.25, 0.3) is 0 Å². The van der Waals surface area contributed by atoms with Crippen LogP contribution in [-0.2, 0) is 9.31 Å². The van der Waals surface area contributed by atoms with Gasteiger partial charge < -0.3 is 18.3 Å². The summed E-state index contributed by atoms with van der Waals surface area (Å²) in [7, 11) is -0.531. The van der Waals surface area contributed by atoms with E-state index in [4.69, 9.17) is 13.7 Å². The molecular weight excluding hydrogens is 553 g/mol. The zero-order valence-corrected chi connectivity index (χ0v) is 25.8. The van der Waals surface area contributed by atoms with Crippen LogP contribution < -0.4 is 5.46 Å². The zero-order valence-electron chi connectivity index (χ0n) is 25.8. The predicted molar refractivity (Wildman–Crippen MR) is 187 cm³/mol. The second-order valence-corrected chi connectivity index (χ2v) is 13.2. The third-order valence-corrected chi connectivity index (χ3v) is 10.1. The topological polar surface area (TPSA) is 36.5 Å². The Morgan fingerprint density at radius 2 is 1.16 bits per heavy atom. The first-order valence-corrected chi connectivity index (χ1v) is 15.6. The summed E-state index contributed by atoms with van der Waals surface area (Å²) in [4.78, 5) is 0. The molecule has 0 spiro atoms. The fourth-order valence-corrected chi connectivity index (χ4v) is 7.05. The van der Waals surface area contributed by atoms with E-state index in [0.29, 0.717) is 0 Å². The van der Waals surface area contributed by atoms with Gasteiger partial charge >= 0.3 is 7.12 Å². The molecule has 2 aromatic heterocycles. The smallest absolute Gasteiger partial charge is 0.456 e. The summed E-state index contributed by atoms with van der Waals surface area (Å²) in [5.74, 6) is 0. The van der Waals surface area contributed by atoms with Crippen LogP contribution in [0, 0.1) is 0 Å². The number of furan rings is 1. The Labute approximate surface area is 261 Å². The van der Waals surface area contributed by atoms with Crippen molar-refractivity contribution in [1.82, 2.24) is 4.57 Å². The van der Waals surface area contributed by atoms with Gasteiger partial charge in [-0.3, -0.25) is 0 Å². The molecule has 218 valence electrons. The van der Waals surface area contributed by atoms with Crippen molar-refractivity contribution in [2.45, 2.75) is 38.9 Å². The third kappa shape index (κ3) is 3.81. The molecule has 0 bridgehead atoms. The van der Waals surface area contributed by atoms with Crippen LogP contribution in [-0.4, -0.2) is 22.9 Å². The van der Waals surface area contributed by atoms with E-state index in [0.717, 1.165) is 44.2 Å². The van der Waals surface area contributed by atoms with Crippen molar-refractivity contribution in [2.75, 3.05) is 0 Å². The molecule has 0 amide bonds. The third-order valence-electron chi connectivity index (χ3n) is 10.1. The zero-order chi connectivity index (χ0) is 30.5. The van der Waals surface area contributed by atoms with Gasteiger partial charge in [-0.05, 0) is 79.9 Å². The molecule has 1 fully saturated rings. The van der Waals surface area contributed by atoms with Gasteiger partial charge in [-0.2, -0.15) is 0 Å². The molecule has 3 heterocycles. The fourth-order valence-electron chi connectivity index (χ4n) is 7.05. The van der Waals surface area contributed by atoms with Crippen LogP contribution in [0.1, 0.15) is 27.7 Å². The van der Waals surface area contributed by atoms with Crippen LogP contribution in [0.2, 0.25) is 0 Å². The van der Waals surface area contributed by atoms with Crippen molar-refractivity contribution < 1.29 is 13.7 Å². The fraction of sp³-hybridized carbons (Fsp3) is 0.150. The van der Waals surface area contributed by atoms with Gasteiger partial charge in [0, 0.05) is 32.7 Å². The van der Waals surface area contributed by atoms with Gasteiger partial charge in [-0.25, -0.2) is 0 Å². The molecule has 0 N–H and O–H groups in total. The summed E-state index contributed by atoms with van der Waals surface area (Å²) >= 11 is 0. The Hall–Kier alpha value is -4.84. The van der Waals surface area contributed by atoms with E-state index >= 15 is 0 Å². The number of hydrogen-bond donors (Lipinski definition) is 0. The van der Waals surface area contributed by atoms with E-state index < -0.39 is 18.3 Å². The standard InChI is InChI=1S/C40H32BNO3/c1-39(2)40(3,4)45-41(44-39)32-23-22-29(37-36-28-12-6-5-11-25(28)19-24-35(36)43-38(32)37)26-17-20-27(21-18-26)42-33-15-9-7-13-30(33)31-14-8-10-16-34(31)42/h5-24H,1-4H3. The second kappa shape index (κ2) is 9.34. The minimum absolute atomic E-state index is 0.454. The number of aromatic nitrogens is 1. The number of rotatable bonds is 3. The second-order valence-electron chi connectivity index (χ2n) is 13.2. The van der Waals surface area contributed by atoms with E-state index in [1.165, 1.54) is 32.6 Å². The first-order chi connectivity index (χ1) is 21.8. The van der Waals surface area contributed by atoms with E-state index in [-0.39, 0.29) is 0 Å². The lowest BCUT2D eigenvalue weighted by molar-refractivity contribution is 0.00578. The van der Waals surface area contributed by atoms with Crippen LogP contribution in [0.3, 0.4) is 0 Å². The van der Waals surface area contributed by atoms with Crippen molar-refractivity contribution in [1.29, 1.82) is 0 Å². The molecule has 5 heteroatoms. The minimum Gasteiger partial charge on any atom is -0.456 e. The summed E-state index contributed by atoms with van der Waals surface area (Å²) in [6.45, 7) is 8.35. The molecular formula is C40H32BNO3. The Balaban J connectivity index is 1.26. The number of nitrogens with zero attached hydrogens (tertiary/aromatic N) is 1. The molecule has 0 saturated carbocycles. The van der Waals surface area contributed by atoms with Crippen LogP contribution >= 0.6 is 0 Å². The molecule has 1 saturated heterocycles. The monoisotopic (exact) mass is 585 g/mol. The maximum absolute atomic E-state index is 6.72. The first kappa shape index (κ1) is 26.6. The van der Waals surface area contributed by atoms with Crippen molar-refractivity contribution in [3.63, 3.8) is 0 Å². The lowest BCUT2D eigenvalue weighted by Crippen LogP contribution is -2.41. The lowest BCUT2D eigenvalue weighted by Gasteiger charge is -2.32. The minimum atomic E-state index is -0.531. The van der Waals surface area contributed by atoms with E-state index in [1.54, 1.807) is 0 Å². The van der Waals surface area contributed by atoms with Crippen LogP contribution in [0.25, 0.3) is 71.3 Å². The lowest BCUT2D eigenvalue weighted by atomic mass is 9.77. The predicted octanol–water partition coefficient (Wildman–Crippen LogP) is 9.80. The van der Waals surface area contributed by atoms with Gasteiger partial charge in [-0.15, -0.1) is 0 Å². The molecule has 0 radical (unpaired) electrons. The molecule has 6 aromatic carbocycles. The highest BCUT2D eigenvalue weighted by molar-refractivity contribution is 6.65. The summed E-state index contributed by atoms with van der Waals surface area (Å²) in [6.07, 6.45) is 0. The number of fused-ring (bicyclic) bond motifs is 8. The Kier molecular flexibility index (Phi) is 5.51. The Morgan fingerprint density at radius 3 is 1.82 bits per heavy atom. The average molecular weight is 586 g/mol. The molecule has 9 rings (SSSR count). The maximum atomic E-state index is 6.72. The highest BCUT2D eigenvalue weighted by Gasteiger charge is 2.52. The first-order valence-electron chi connectivity index (χ1n) is 15.6. The number of hydrogen-bond acceptors (Lipinski definition) is 3. The van der Waals surface area contributed by atoms with E-state index in [1.807, 2.05) is 0 Å². The van der Waals surface area contributed by atoms with Crippen molar-refractivity contribution >= 4 is 67.1 Å². The summed E-state index contributed by atoms with van der Waals surface area (Å²) in [5, 5.41) is 7.06. The largest absolute Gasteiger partial charge is 0.498 e. The number of para-hydroxylation sites is 2. The maximum Gasteiger partial charge on any atom is 0.498 e. The number of benzene rings is 6. The van der Waals surface area contributed by atoms with Crippen molar-refractivity contribution in [2.24, 2.45) is 0 Å². The van der Waals surface area contributed by atoms with Gasteiger partial charge in [0.05, 0.1) is 22.2 Å². The molecule has 0 unspecified atom stereocenters. The summed E-state index contributed by atoms with van der Waals surface area (Å²) < 4.78 is 22.1. The van der Waals surface area contributed by atoms with Gasteiger partial charge in [-0.1, -0.05) is 91.0 Å². The SMILES string of the molecule is CC1(C)OB(c2ccc(-c3ccc(-n4c5ccccc5c5ccccc54)cc3)c3c2oc2ccc4ccccc4c23)OC1(C)C. The average Bonchev–Trinajstić information content (AvgIpc) is 3.67. The highest BCUT2D eigenvalue weighted by Crippen LogP contribution is 2.42. The summed E-state index contributed by atoms with van der Waals surface area (Å²) in [5.41, 5.74) is 7.45. The van der Waals surface area contributed by atoms with Crippen LogP contribution in [0.4, 0.5) is 0 Å². The van der Waals surface area contributed by atoms with Crippen molar-refractivity contribution in [3.8, 4) is 16.8 Å². The van der Waals surface area contributed by atoms with Gasteiger partial charge in [0.15, 0.2) is 0 Å². The molecule has 4 nitrogen and oxygen atoms in total. The van der Waals surface area contributed by atoms with Gasteiger partial charge in [0.2, 0.25) is 0 Å². The molecule has 8 aromatic rings. The quantitative estimate of drug-likeness (QED) is 0.194.